The average molecular weight is 177 g/mol. The summed E-state index contributed by atoms with van der Waals surface area (Å²) in [5.74, 6) is -1.52. The van der Waals surface area contributed by atoms with Crippen molar-refractivity contribution in [1.29, 1.82) is 0 Å². The molecule has 11 heavy (non-hydrogen) atoms. The lowest BCUT2D eigenvalue weighted by Gasteiger charge is -1.96. The molecule has 1 rings (SSSR count). The van der Waals surface area contributed by atoms with Crippen molar-refractivity contribution in [1.82, 2.24) is 15.2 Å². The number of aromatic nitrogens is 3. The number of alkyl halides is 1. The van der Waals surface area contributed by atoms with Crippen LogP contribution in [0.2, 0.25) is 0 Å². The summed E-state index contributed by atoms with van der Waals surface area (Å²) in [4.78, 5) is 13.5. The van der Waals surface area contributed by atoms with Crippen molar-refractivity contribution in [2.24, 2.45) is 0 Å². The molecule has 0 aromatic carbocycles. The molecule has 0 spiro atoms. The van der Waals surface area contributed by atoms with Crippen LogP contribution in [0, 0.1) is 0 Å². The van der Waals surface area contributed by atoms with Crippen molar-refractivity contribution in [3.05, 3.63) is 6.33 Å². The minimum atomic E-state index is -2.00. The maximum atomic E-state index is 12.4. The van der Waals surface area contributed by atoms with Crippen molar-refractivity contribution in [2.75, 3.05) is 0 Å². The zero-order valence-electron chi connectivity index (χ0n) is 5.19. The van der Waals surface area contributed by atoms with Crippen LogP contribution in [0.5, 0.6) is 0 Å². The van der Waals surface area contributed by atoms with E-state index in [0.29, 0.717) is 11.8 Å². The number of hydrogen-bond acceptors (Lipinski definition) is 4. The highest BCUT2D eigenvalue weighted by molar-refractivity contribution is 8.00. The van der Waals surface area contributed by atoms with Crippen LogP contribution in [-0.2, 0) is 4.79 Å². The Labute approximate surface area is 65.0 Å². The molecule has 0 aliphatic carbocycles. The fourth-order valence-electron chi connectivity index (χ4n) is 0.399. The van der Waals surface area contributed by atoms with E-state index in [4.69, 9.17) is 5.11 Å². The molecule has 0 saturated carbocycles. The predicted molar refractivity (Wildman–Crippen MR) is 34.8 cm³/mol. The molecule has 0 amide bonds. The third kappa shape index (κ3) is 2.19. The Morgan fingerprint density at radius 1 is 1.91 bits per heavy atom. The predicted octanol–water partition coefficient (Wildman–Crippen LogP) is 0.277. The number of nitrogens with zero attached hydrogens (tertiary/aromatic N) is 2. The molecule has 0 aliphatic heterocycles. The fourth-order valence-corrected chi connectivity index (χ4v) is 0.910. The van der Waals surface area contributed by atoms with Gasteiger partial charge in [-0.3, -0.25) is 5.10 Å². The highest BCUT2D eigenvalue weighted by atomic mass is 32.2. The topological polar surface area (TPSA) is 78.9 Å². The van der Waals surface area contributed by atoms with Gasteiger partial charge in [0.1, 0.15) is 6.33 Å². The van der Waals surface area contributed by atoms with Crippen molar-refractivity contribution in [2.45, 2.75) is 10.7 Å². The number of rotatable bonds is 3. The molecule has 1 heterocycles. The first-order chi connectivity index (χ1) is 5.20. The van der Waals surface area contributed by atoms with E-state index in [1.165, 1.54) is 6.33 Å². The summed E-state index contributed by atoms with van der Waals surface area (Å²) in [6, 6.07) is 0. The molecule has 1 atom stereocenters. The van der Waals surface area contributed by atoms with Gasteiger partial charge in [0.25, 0.3) is 0 Å². The molecule has 1 aromatic heterocycles. The molecule has 0 fully saturated rings. The molecule has 0 aliphatic rings. The van der Waals surface area contributed by atoms with Gasteiger partial charge in [0.2, 0.25) is 5.50 Å². The van der Waals surface area contributed by atoms with E-state index in [9.17, 15) is 9.18 Å². The van der Waals surface area contributed by atoms with Crippen LogP contribution in [-0.4, -0.2) is 31.8 Å². The Kier molecular flexibility index (Phi) is 2.42. The van der Waals surface area contributed by atoms with Crippen LogP contribution in [0.3, 0.4) is 0 Å². The number of hydrogen-bond donors (Lipinski definition) is 2. The minimum Gasteiger partial charge on any atom is -0.478 e. The first-order valence-corrected chi connectivity index (χ1v) is 3.47. The molecule has 0 radical (unpaired) electrons. The van der Waals surface area contributed by atoms with Gasteiger partial charge < -0.3 is 5.11 Å². The SMILES string of the molecule is O=C(O)C(F)Sc1ncn[nH]1. The number of thioether (sulfide) groups is 1. The molecule has 1 aromatic rings. The summed E-state index contributed by atoms with van der Waals surface area (Å²) < 4.78 is 12.4. The van der Waals surface area contributed by atoms with Crippen LogP contribution >= 0.6 is 11.8 Å². The van der Waals surface area contributed by atoms with E-state index in [2.05, 4.69) is 15.2 Å². The molecule has 0 saturated heterocycles. The van der Waals surface area contributed by atoms with Crippen LogP contribution in [0.4, 0.5) is 4.39 Å². The van der Waals surface area contributed by atoms with Gasteiger partial charge in [-0.2, -0.15) is 5.10 Å². The number of carbonyl (C=O) groups is 1. The fraction of sp³-hybridized carbons (Fsp3) is 0.250. The summed E-state index contributed by atoms with van der Waals surface area (Å²) in [6.07, 6.45) is 1.18. The lowest BCUT2D eigenvalue weighted by molar-refractivity contribution is -0.139. The first-order valence-electron chi connectivity index (χ1n) is 2.59. The van der Waals surface area contributed by atoms with Gasteiger partial charge in [-0.05, 0) is 11.8 Å². The van der Waals surface area contributed by atoms with Crippen LogP contribution in [0.15, 0.2) is 11.5 Å². The van der Waals surface area contributed by atoms with Crippen molar-refractivity contribution < 1.29 is 14.3 Å². The summed E-state index contributed by atoms with van der Waals surface area (Å²) in [7, 11) is 0. The number of carboxylic acids is 1. The van der Waals surface area contributed by atoms with E-state index in [1.807, 2.05) is 0 Å². The molecule has 1 unspecified atom stereocenters. The normalized spacial score (nSPS) is 12.8. The lowest BCUT2D eigenvalue weighted by atomic mass is 10.8. The van der Waals surface area contributed by atoms with Crippen LogP contribution < -0.4 is 0 Å². The van der Waals surface area contributed by atoms with Gasteiger partial charge in [-0.1, -0.05) is 0 Å². The second kappa shape index (κ2) is 3.33. The smallest absolute Gasteiger partial charge is 0.349 e. The maximum absolute atomic E-state index is 12.4. The second-order valence-electron chi connectivity index (χ2n) is 1.56. The third-order valence-electron chi connectivity index (χ3n) is 0.802. The molecular weight excluding hydrogens is 173 g/mol. The zero-order valence-corrected chi connectivity index (χ0v) is 6.01. The minimum absolute atomic E-state index is 0.153. The number of carboxylic acid groups (broad SMARTS) is 1. The maximum Gasteiger partial charge on any atom is 0.349 e. The monoisotopic (exact) mass is 177 g/mol. The van der Waals surface area contributed by atoms with Gasteiger partial charge in [0, 0.05) is 0 Å². The molecule has 0 bridgehead atoms. The Morgan fingerprint density at radius 2 is 2.64 bits per heavy atom. The zero-order chi connectivity index (χ0) is 8.27. The van der Waals surface area contributed by atoms with Gasteiger partial charge in [-0.15, -0.1) is 0 Å². The van der Waals surface area contributed by atoms with Crippen LogP contribution in [0.1, 0.15) is 0 Å². The number of halogens is 1. The summed E-state index contributed by atoms with van der Waals surface area (Å²) in [5, 5.41) is 14.0. The van der Waals surface area contributed by atoms with Gasteiger partial charge in [0.05, 0.1) is 0 Å². The lowest BCUT2D eigenvalue weighted by Crippen LogP contribution is -2.09. The van der Waals surface area contributed by atoms with Crippen molar-refractivity contribution >= 4 is 17.7 Å². The van der Waals surface area contributed by atoms with E-state index >= 15 is 0 Å². The summed E-state index contributed by atoms with van der Waals surface area (Å²) in [5.41, 5.74) is -2.00. The number of aromatic amines is 1. The molecular formula is C4H4FN3O2S. The summed E-state index contributed by atoms with van der Waals surface area (Å²) >= 11 is 0.463. The Morgan fingerprint density at radius 3 is 3.09 bits per heavy atom. The number of nitrogens with one attached hydrogen (secondary N) is 1. The average Bonchev–Trinajstić information content (AvgIpc) is 2.39. The number of aliphatic carboxylic acids is 1. The molecule has 60 valence electrons. The van der Waals surface area contributed by atoms with Crippen molar-refractivity contribution in [3.8, 4) is 0 Å². The van der Waals surface area contributed by atoms with Crippen molar-refractivity contribution in [3.63, 3.8) is 0 Å². The van der Waals surface area contributed by atoms with E-state index in [1.54, 1.807) is 0 Å². The van der Waals surface area contributed by atoms with Gasteiger partial charge in [0.15, 0.2) is 5.16 Å². The standard InChI is InChI=1S/C4H4FN3O2S/c5-2(3(9)10)11-4-6-1-7-8-4/h1-2H,(H,9,10)(H,6,7,8). The Bertz CT molecular complexity index is 239. The quantitative estimate of drug-likeness (QED) is 0.648. The first kappa shape index (κ1) is 7.99. The van der Waals surface area contributed by atoms with E-state index < -0.39 is 11.5 Å². The molecule has 7 heteroatoms. The Balaban J connectivity index is 2.50. The molecule has 5 nitrogen and oxygen atoms in total. The van der Waals surface area contributed by atoms with Gasteiger partial charge >= 0.3 is 5.97 Å². The Hall–Kier alpha value is -1.11. The third-order valence-corrected chi connectivity index (χ3v) is 1.63. The van der Waals surface area contributed by atoms with Crippen LogP contribution in [0.25, 0.3) is 0 Å². The summed E-state index contributed by atoms with van der Waals surface area (Å²) in [6.45, 7) is 0. The van der Waals surface area contributed by atoms with Gasteiger partial charge in [-0.25, -0.2) is 14.2 Å². The molecule has 2 N–H and O–H groups in total. The highest BCUT2D eigenvalue weighted by Gasteiger charge is 2.18. The highest BCUT2D eigenvalue weighted by Crippen LogP contribution is 2.19. The second-order valence-corrected chi connectivity index (χ2v) is 2.60. The van der Waals surface area contributed by atoms with E-state index in [0.717, 1.165) is 0 Å². The number of H-pyrrole nitrogens is 1. The van der Waals surface area contributed by atoms with E-state index in [-0.39, 0.29) is 5.16 Å². The largest absolute Gasteiger partial charge is 0.478 e.